The molecule has 31 valence electrons. The molecule has 0 rings (SSSR count). The SMILES string of the molecule is CC[P](C)=O. The maximum atomic E-state index is 9.96. The summed E-state index contributed by atoms with van der Waals surface area (Å²) < 4.78 is 9.96. The summed E-state index contributed by atoms with van der Waals surface area (Å²) in [7, 11) is -0.848. The Kier molecular flexibility index (Phi) is 2.39. The monoisotopic (exact) mass is 91.0 g/mol. The van der Waals surface area contributed by atoms with E-state index < -0.39 is 7.80 Å². The molecule has 0 N–H and O–H groups in total. The molecule has 0 heterocycles. The van der Waals surface area contributed by atoms with E-state index in [0.29, 0.717) is 0 Å². The highest BCUT2D eigenvalue weighted by atomic mass is 31.1. The van der Waals surface area contributed by atoms with E-state index in [4.69, 9.17) is 0 Å². The van der Waals surface area contributed by atoms with Gasteiger partial charge in [0.15, 0.2) is 0 Å². The van der Waals surface area contributed by atoms with E-state index in [1.54, 1.807) is 6.66 Å². The first-order valence-corrected chi connectivity index (χ1v) is 3.55. The summed E-state index contributed by atoms with van der Waals surface area (Å²) in [6.07, 6.45) is 0.815. The molecule has 0 aromatic rings. The summed E-state index contributed by atoms with van der Waals surface area (Å²) in [6, 6.07) is 0. The second-order valence-corrected chi connectivity index (χ2v) is 2.83. The quantitative estimate of drug-likeness (QED) is 0.446. The highest BCUT2D eigenvalue weighted by Gasteiger charge is 1.74. The van der Waals surface area contributed by atoms with Crippen LogP contribution in [0.3, 0.4) is 0 Å². The minimum absolute atomic E-state index is 0.815. The van der Waals surface area contributed by atoms with Gasteiger partial charge < -0.3 is 0 Å². The van der Waals surface area contributed by atoms with Crippen LogP contribution >= 0.6 is 7.80 Å². The molecule has 0 aromatic carbocycles. The lowest BCUT2D eigenvalue weighted by Gasteiger charge is -1.73. The van der Waals surface area contributed by atoms with Crippen LogP contribution in [0.4, 0.5) is 0 Å². The molecule has 0 bridgehead atoms. The molecule has 2 heteroatoms. The molecular formula is C3H8OP. The summed E-state index contributed by atoms with van der Waals surface area (Å²) >= 11 is 0. The van der Waals surface area contributed by atoms with Crippen LogP contribution in [0.1, 0.15) is 6.92 Å². The number of hydrogen-bond donors (Lipinski definition) is 0. The van der Waals surface area contributed by atoms with Gasteiger partial charge in [-0.25, -0.2) is 0 Å². The molecule has 0 aromatic heterocycles. The van der Waals surface area contributed by atoms with Crippen molar-refractivity contribution in [2.24, 2.45) is 0 Å². The van der Waals surface area contributed by atoms with Gasteiger partial charge in [-0.3, -0.25) is 4.57 Å². The fourth-order valence-corrected chi connectivity index (χ4v) is 0. The predicted molar refractivity (Wildman–Crippen MR) is 24.1 cm³/mol. The van der Waals surface area contributed by atoms with Crippen LogP contribution in [-0.2, 0) is 4.57 Å². The van der Waals surface area contributed by atoms with Crippen molar-refractivity contribution in [3.63, 3.8) is 0 Å². The van der Waals surface area contributed by atoms with Crippen molar-refractivity contribution >= 4 is 7.80 Å². The Labute approximate surface area is 33.2 Å². The van der Waals surface area contributed by atoms with Crippen molar-refractivity contribution in [1.29, 1.82) is 0 Å². The Morgan fingerprint density at radius 2 is 2.00 bits per heavy atom. The zero-order valence-corrected chi connectivity index (χ0v) is 4.46. The van der Waals surface area contributed by atoms with Crippen molar-refractivity contribution in [2.75, 3.05) is 12.8 Å². The van der Waals surface area contributed by atoms with Gasteiger partial charge >= 0.3 is 0 Å². The van der Waals surface area contributed by atoms with Gasteiger partial charge in [0.05, 0.1) is 7.80 Å². The Balaban J connectivity index is 2.85. The molecule has 0 aliphatic heterocycles. The molecule has 0 fully saturated rings. The topological polar surface area (TPSA) is 17.1 Å². The van der Waals surface area contributed by atoms with Crippen molar-refractivity contribution in [3.8, 4) is 0 Å². The van der Waals surface area contributed by atoms with Gasteiger partial charge in [-0.15, -0.1) is 0 Å². The van der Waals surface area contributed by atoms with E-state index in [9.17, 15) is 4.57 Å². The lowest BCUT2D eigenvalue weighted by atomic mass is 11.0. The van der Waals surface area contributed by atoms with Crippen LogP contribution in [0.25, 0.3) is 0 Å². The Morgan fingerprint density at radius 1 is 1.80 bits per heavy atom. The Morgan fingerprint density at radius 3 is 2.00 bits per heavy atom. The van der Waals surface area contributed by atoms with E-state index in [0.717, 1.165) is 6.16 Å². The zero-order chi connectivity index (χ0) is 4.28. The van der Waals surface area contributed by atoms with Crippen LogP contribution in [0.15, 0.2) is 0 Å². The van der Waals surface area contributed by atoms with Gasteiger partial charge in [-0.1, -0.05) is 6.92 Å². The van der Waals surface area contributed by atoms with Crippen molar-refractivity contribution < 1.29 is 4.57 Å². The van der Waals surface area contributed by atoms with Gasteiger partial charge in [0.1, 0.15) is 0 Å². The molecule has 0 saturated carbocycles. The van der Waals surface area contributed by atoms with Crippen molar-refractivity contribution in [2.45, 2.75) is 6.92 Å². The predicted octanol–water partition coefficient (Wildman–Crippen LogP) is 1.46. The first kappa shape index (κ1) is 5.10. The van der Waals surface area contributed by atoms with E-state index in [2.05, 4.69) is 0 Å². The van der Waals surface area contributed by atoms with Crippen molar-refractivity contribution in [3.05, 3.63) is 0 Å². The molecule has 0 saturated heterocycles. The van der Waals surface area contributed by atoms with Crippen LogP contribution in [-0.4, -0.2) is 12.8 Å². The minimum atomic E-state index is -0.848. The van der Waals surface area contributed by atoms with E-state index >= 15 is 0 Å². The van der Waals surface area contributed by atoms with Crippen LogP contribution in [0.2, 0.25) is 0 Å². The molecular weight excluding hydrogens is 83.0 g/mol. The van der Waals surface area contributed by atoms with Gasteiger partial charge in [0.2, 0.25) is 0 Å². The molecule has 1 nitrogen and oxygen atoms in total. The Hall–Kier alpha value is 0.100. The molecule has 1 atom stereocenters. The third kappa shape index (κ3) is 4.10. The molecule has 0 aliphatic rings. The third-order valence-corrected chi connectivity index (χ3v) is 1.34. The van der Waals surface area contributed by atoms with E-state index in [1.807, 2.05) is 6.92 Å². The van der Waals surface area contributed by atoms with E-state index in [1.165, 1.54) is 0 Å². The average molecular weight is 91.1 g/mol. The molecule has 0 aliphatic carbocycles. The smallest absolute Gasteiger partial charge is 0.0684 e. The summed E-state index contributed by atoms with van der Waals surface area (Å²) in [5.41, 5.74) is 0. The fraction of sp³-hybridized carbons (Fsp3) is 1.00. The van der Waals surface area contributed by atoms with Gasteiger partial charge in [0.25, 0.3) is 0 Å². The summed E-state index contributed by atoms with van der Waals surface area (Å²) in [4.78, 5) is 0. The maximum Gasteiger partial charge on any atom is 0.0684 e. The minimum Gasteiger partial charge on any atom is -0.287 e. The van der Waals surface area contributed by atoms with Gasteiger partial charge in [-0.05, 0) is 0 Å². The van der Waals surface area contributed by atoms with Crippen LogP contribution in [0.5, 0.6) is 0 Å². The molecule has 1 radical (unpaired) electrons. The highest BCUT2D eigenvalue weighted by molar-refractivity contribution is 7.43. The second-order valence-electron chi connectivity index (χ2n) is 0.944. The Bertz CT molecular complexity index is 42.2. The molecule has 1 unspecified atom stereocenters. The van der Waals surface area contributed by atoms with Crippen molar-refractivity contribution in [1.82, 2.24) is 0 Å². The molecule has 5 heavy (non-hydrogen) atoms. The maximum absolute atomic E-state index is 9.96. The number of hydrogen-bond acceptors (Lipinski definition) is 1. The summed E-state index contributed by atoms with van der Waals surface area (Å²) in [5, 5.41) is 0. The second kappa shape index (κ2) is 2.34. The largest absolute Gasteiger partial charge is 0.287 e. The average Bonchev–Trinajstić information content (AvgIpc) is 1.38. The molecule has 0 spiro atoms. The van der Waals surface area contributed by atoms with Gasteiger partial charge in [0, 0.05) is 12.8 Å². The summed E-state index contributed by atoms with van der Waals surface area (Å²) in [6.45, 7) is 3.65. The lowest BCUT2D eigenvalue weighted by Crippen LogP contribution is -1.55. The first-order chi connectivity index (χ1) is 2.27. The third-order valence-electron chi connectivity index (χ3n) is 0.445. The lowest BCUT2D eigenvalue weighted by molar-refractivity contribution is 0.592. The standard InChI is InChI=1S/C3H8OP/c1-3-5(2)4/h3H2,1-2H3. The van der Waals surface area contributed by atoms with Crippen LogP contribution < -0.4 is 0 Å². The number of rotatable bonds is 1. The van der Waals surface area contributed by atoms with Gasteiger partial charge in [-0.2, -0.15) is 0 Å². The molecule has 0 amide bonds. The fourth-order valence-electron chi connectivity index (χ4n) is 0. The first-order valence-electron chi connectivity index (χ1n) is 1.65. The normalized spacial score (nSPS) is 11.2. The van der Waals surface area contributed by atoms with E-state index in [-0.39, 0.29) is 0 Å². The van der Waals surface area contributed by atoms with Crippen LogP contribution in [0, 0.1) is 0 Å². The highest BCUT2D eigenvalue weighted by Crippen LogP contribution is 2.09. The zero-order valence-electron chi connectivity index (χ0n) is 3.56. The summed E-state index contributed by atoms with van der Waals surface area (Å²) in [5.74, 6) is 0.